The van der Waals surface area contributed by atoms with Gasteiger partial charge >= 0.3 is 0 Å². The fraction of sp³-hybridized carbons (Fsp3) is 0.350. The number of rotatable bonds is 5. The summed E-state index contributed by atoms with van der Waals surface area (Å²) in [5.41, 5.74) is 0.821. The van der Waals surface area contributed by atoms with Crippen LogP contribution in [0.15, 0.2) is 53.7 Å². The highest BCUT2D eigenvalue weighted by Gasteiger charge is 2.53. The molecule has 1 aromatic heterocycles. The van der Waals surface area contributed by atoms with Gasteiger partial charge in [0.05, 0.1) is 12.6 Å². The Morgan fingerprint density at radius 3 is 2.67 bits per heavy atom. The average Bonchev–Trinajstić information content (AvgIpc) is 3.29. The van der Waals surface area contributed by atoms with Gasteiger partial charge in [-0.05, 0) is 36.6 Å². The van der Waals surface area contributed by atoms with E-state index in [2.05, 4.69) is 0 Å². The molecule has 2 aliphatic heterocycles. The summed E-state index contributed by atoms with van der Waals surface area (Å²) in [5, 5.41) is 0. The molecular weight excluding hydrogens is 411 g/mol. The summed E-state index contributed by atoms with van der Waals surface area (Å²) in [5.74, 6) is 4.80. The Morgan fingerprint density at radius 2 is 1.97 bits per heavy atom. The van der Waals surface area contributed by atoms with Gasteiger partial charge in [0.25, 0.3) is 0 Å². The van der Waals surface area contributed by atoms with Gasteiger partial charge in [0, 0.05) is 19.0 Å². The zero-order valence-electron chi connectivity index (χ0n) is 16.1. The summed E-state index contributed by atoms with van der Waals surface area (Å²) in [6.07, 6.45) is 3.78. The Balaban J connectivity index is 1.48. The maximum Gasteiger partial charge on any atom is 0.249 e. The molecular formula is C20H22FN4O4S+. The molecule has 10 heteroatoms. The molecule has 2 saturated heterocycles. The molecule has 2 atom stereocenters. The minimum atomic E-state index is -3.92. The molecule has 1 amide bonds. The lowest BCUT2D eigenvalue weighted by Gasteiger charge is -2.24. The molecule has 158 valence electrons. The van der Waals surface area contributed by atoms with Crippen LogP contribution in [-0.2, 0) is 26.0 Å². The standard InChI is InChI=1S/C20H22FN4O4S/c21-15-6-3-14(4-7-15)5-8-19(27)24-11-9-17-20(24)18(26)13-25(17)30(28,29)16-2-1-10-23(22)12-16/h1-4,6-7,10,12,17,20H,5,8-9,11,13,22H2/q+1. The number of nitrogens with zero attached hydrogens (tertiary/aromatic N) is 3. The number of amides is 1. The quantitative estimate of drug-likeness (QED) is 0.528. The number of nitrogens with two attached hydrogens (primary N) is 1. The Kier molecular flexibility index (Phi) is 5.29. The van der Waals surface area contributed by atoms with Crippen molar-refractivity contribution in [3.05, 3.63) is 60.2 Å². The van der Waals surface area contributed by atoms with Crippen LogP contribution in [-0.4, -0.2) is 54.5 Å². The number of carbonyl (C=O) groups excluding carboxylic acids is 2. The second-order valence-corrected chi connectivity index (χ2v) is 9.41. The highest BCUT2D eigenvalue weighted by Crippen LogP contribution is 2.34. The van der Waals surface area contributed by atoms with Gasteiger partial charge in [-0.1, -0.05) is 16.8 Å². The average molecular weight is 433 g/mol. The minimum Gasteiger partial charge on any atom is -0.331 e. The van der Waals surface area contributed by atoms with Crippen molar-refractivity contribution in [1.29, 1.82) is 0 Å². The van der Waals surface area contributed by atoms with E-state index in [0.717, 1.165) is 10.2 Å². The van der Waals surface area contributed by atoms with Gasteiger partial charge in [-0.2, -0.15) is 4.31 Å². The van der Waals surface area contributed by atoms with E-state index in [0.29, 0.717) is 19.4 Å². The molecule has 0 spiro atoms. The Bertz CT molecular complexity index is 1090. The van der Waals surface area contributed by atoms with Crippen LogP contribution in [0.2, 0.25) is 0 Å². The maximum absolute atomic E-state index is 13.1. The Labute approximate surface area is 173 Å². The number of aromatic nitrogens is 1. The lowest BCUT2D eigenvalue weighted by atomic mass is 10.1. The number of Topliss-reactive ketones (excluding diaryl/α,β-unsaturated/α-hetero) is 1. The fourth-order valence-electron chi connectivity index (χ4n) is 4.18. The van der Waals surface area contributed by atoms with Crippen LogP contribution in [0.4, 0.5) is 4.39 Å². The van der Waals surface area contributed by atoms with Gasteiger partial charge in [-0.15, -0.1) is 0 Å². The summed E-state index contributed by atoms with van der Waals surface area (Å²) < 4.78 is 41.5. The van der Waals surface area contributed by atoms with Gasteiger partial charge in [-0.3, -0.25) is 9.59 Å². The molecule has 0 bridgehead atoms. The number of aryl methyl sites for hydroxylation is 1. The lowest BCUT2D eigenvalue weighted by molar-refractivity contribution is -0.641. The molecule has 2 unspecified atom stereocenters. The highest BCUT2D eigenvalue weighted by atomic mass is 32.2. The number of likely N-dealkylation sites (tertiary alicyclic amines) is 1. The van der Waals surface area contributed by atoms with E-state index < -0.39 is 22.1 Å². The predicted molar refractivity (Wildman–Crippen MR) is 104 cm³/mol. The summed E-state index contributed by atoms with van der Waals surface area (Å²) in [7, 11) is -3.92. The van der Waals surface area contributed by atoms with Crippen molar-refractivity contribution in [2.75, 3.05) is 18.9 Å². The number of ketones is 1. The molecule has 2 fully saturated rings. The van der Waals surface area contributed by atoms with E-state index in [1.165, 1.54) is 45.9 Å². The number of sulfonamides is 1. The van der Waals surface area contributed by atoms with E-state index in [1.807, 2.05) is 0 Å². The van der Waals surface area contributed by atoms with Gasteiger partial charge in [0.1, 0.15) is 16.8 Å². The number of carbonyl (C=O) groups is 2. The third-order valence-electron chi connectivity index (χ3n) is 5.64. The highest BCUT2D eigenvalue weighted by molar-refractivity contribution is 7.89. The molecule has 8 nitrogen and oxygen atoms in total. The normalized spacial score (nSPS) is 21.8. The number of hydrogen-bond acceptors (Lipinski definition) is 5. The van der Waals surface area contributed by atoms with Crippen LogP contribution >= 0.6 is 0 Å². The van der Waals surface area contributed by atoms with Crippen molar-refractivity contribution in [1.82, 2.24) is 9.21 Å². The van der Waals surface area contributed by atoms with Crippen LogP contribution in [0.25, 0.3) is 0 Å². The molecule has 0 saturated carbocycles. The second-order valence-electron chi connectivity index (χ2n) is 7.52. The van der Waals surface area contributed by atoms with E-state index in [9.17, 15) is 22.4 Å². The fourth-order valence-corrected chi connectivity index (χ4v) is 5.83. The molecule has 3 heterocycles. The van der Waals surface area contributed by atoms with Crippen molar-refractivity contribution in [3.63, 3.8) is 0 Å². The topological polar surface area (TPSA) is 105 Å². The van der Waals surface area contributed by atoms with Gasteiger partial charge in [0.2, 0.25) is 22.1 Å². The number of pyridine rings is 1. The summed E-state index contributed by atoms with van der Waals surface area (Å²) in [6, 6.07) is 7.51. The van der Waals surface area contributed by atoms with Crippen molar-refractivity contribution in [3.8, 4) is 0 Å². The van der Waals surface area contributed by atoms with E-state index in [-0.39, 0.29) is 35.4 Å². The van der Waals surface area contributed by atoms with Crippen LogP contribution < -0.4 is 10.5 Å². The lowest BCUT2D eigenvalue weighted by Crippen LogP contribution is -2.45. The first-order chi connectivity index (χ1) is 14.3. The number of nitrogen functional groups attached to an aromatic ring is 1. The van der Waals surface area contributed by atoms with Crippen molar-refractivity contribution in [2.24, 2.45) is 0 Å². The minimum absolute atomic E-state index is 0.00189. The molecule has 4 rings (SSSR count). The monoisotopic (exact) mass is 433 g/mol. The first-order valence-electron chi connectivity index (χ1n) is 9.62. The maximum atomic E-state index is 13.1. The van der Waals surface area contributed by atoms with E-state index >= 15 is 0 Å². The molecule has 0 aliphatic carbocycles. The first kappa shape index (κ1) is 20.4. The third-order valence-corrected chi connectivity index (χ3v) is 7.49. The Hall–Kier alpha value is -2.85. The molecule has 2 aliphatic rings. The van der Waals surface area contributed by atoms with Crippen LogP contribution in [0.5, 0.6) is 0 Å². The van der Waals surface area contributed by atoms with Crippen molar-refractivity contribution in [2.45, 2.75) is 36.2 Å². The summed E-state index contributed by atoms with van der Waals surface area (Å²) in [4.78, 5) is 26.9. The van der Waals surface area contributed by atoms with E-state index in [1.54, 1.807) is 12.1 Å². The zero-order valence-corrected chi connectivity index (χ0v) is 17.0. The number of benzene rings is 1. The summed E-state index contributed by atoms with van der Waals surface area (Å²) >= 11 is 0. The molecule has 30 heavy (non-hydrogen) atoms. The van der Waals surface area contributed by atoms with Crippen molar-refractivity contribution >= 4 is 21.7 Å². The van der Waals surface area contributed by atoms with Crippen LogP contribution in [0.1, 0.15) is 18.4 Å². The largest absolute Gasteiger partial charge is 0.331 e. The molecule has 2 aromatic rings. The number of fused-ring (bicyclic) bond motifs is 1. The molecule has 0 radical (unpaired) electrons. The number of halogens is 1. The number of hydrogen-bond donors (Lipinski definition) is 1. The Morgan fingerprint density at radius 1 is 1.23 bits per heavy atom. The second kappa shape index (κ2) is 7.77. The smallest absolute Gasteiger partial charge is 0.249 e. The first-order valence-corrected chi connectivity index (χ1v) is 11.1. The van der Waals surface area contributed by atoms with Crippen molar-refractivity contribution < 1.29 is 27.1 Å². The summed E-state index contributed by atoms with van der Waals surface area (Å²) in [6.45, 7) is 0.0555. The molecule has 2 N–H and O–H groups in total. The van der Waals surface area contributed by atoms with Crippen LogP contribution in [0, 0.1) is 5.82 Å². The molecule has 1 aromatic carbocycles. The SMILES string of the molecule is N[n+]1cccc(S(=O)(=O)N2CC(=O)C3C2CCN3C(=O)CCc2ccc(F)cc2)c1. The van der Waals surface area contributed by atoms with Gasteiger partial charge in [0.15, 0.2) is 12.0 Å². The van der Waals surface area contributed by atoms with Gasteiger partial charge < -0.3 is 4.90 Å². The third kappa shape index (κ3) is 3.68. The van der Waals surface area contributed by atoms with Gasteiger partial charge in [-0.25, -0.2) is 18.7 Å². The predicted octanol–water partition coefficient (Wildman–Crippen LogP) is 0.00270. The van der Waals surface area contributed by atoms with E-state index in [4.69, 9.17) is 5.84 Å². The van der Waals surface area contributed by atoms with Crippen LogP contribution in [0.3, 0.4) is 0 Å². The zero-order chi connectivity index (χ0) is 21.5.